The fraction of sp³-hybridized carbons (Fsp3) is 0.500. The van der Waals surface area contributed by atoms with Gasteiger partial charge in [0.25, 0.3) is 0 Å². The van der Waals surface area contributed by atoms with E-state index in [9.17, 15) is 19.5 Å². The van der Waals surface area contributed by atoms with Gasteiger partial charge in [0.15, 0.2) is 0 Å². The van der Waals surface area contributed by atoms with E-state index in [0.717, 1.165) is 22.9 Å². The van der Waals surface area contributed by atoms with Crippen molar-refractivity contribution in [1.82, 2.24) is 15.6 Å². The molecule has 32 heavy (non-hydrogen) atoms. The lowest BCUT2D eigenvalue weighted by molar-refractivity contribution is -0.142. The first-order valence-electron chi connectivity index (χ1n) is 10.7. The Morgan fingerprint density at radius 1 is 1.09 bits per heavy atom. The highest BCUT2D eigenvalue weighted by Crippen LogP contribution is 2.19. The van der Waals surface area contributed by atoms with Crippen LogP contribution in [0.5, 0.6) is 0 Å². The molecular weight excluding hydrogens is 430 g/mol. The third-order valence-electron chi connectivity index (χ3n) is 5.26. The van der Waals surface area contributed by atoms with E-state index in [-0.39, 0.29) is 12.8 Å². The largest absolute Gasteiger partial charge is 0.480 e. The summed E-state index contributed by atoms with van der Waals surface area (Å²) >= 11 is 1.50. The second-order valence-corrected chi connectivity index (χ2v) is 8.68. The van der Waals surface area contributed by atoms with E-state index >= 15 is 0 Å². The summed E-state index contributed by atoms with van der Waals surface area (Å²) in [5.41, 5.74) is 13.2. The number of carbonyl (C=O) groups is 3. The van der Waals surface area contributed by atoms with Gasteiger partial charge in [-0.15, -0.1) is 0 Å². The Hall–Kier alpha value is -2.56. The molecule has 0 aliphatic heterocycles. The van der Waals surface area contributed by atoms with Gasteiger partial charge in [-0.05, 0) is 49.4 Å². The number of carboxylic acid groups (broad SMARTS) is 1. The van der Waals surface area contributed by atoms with Crippen molar-refractivity contribution in [3.8, 4) is 0 Å². The lowest BCUT2D eigenvalue weighted by Crippen LogP contribution is -2.55. The zero-order valence-electron chi connectivity index (χ0n) is 18.3. The van der Waals surface area contributed by atoms with E-state index in [1.54, 1.807) is 6.20 Å². The fourth-order valence-corrected chi connectivity index (χ4v) is 3.88. The second kappa shape index (κ2) is 13.1. The molecule has 1 aromatic heterocycles. The van der Waals surface area contributed by atoms with Crippen molar-refractivity contribution < 1.29 is 19.5 Å². The number of aromatic amines is 1. The predicted molar refractivity (Wildman–Crippen MR) is 127 cm³/mol. The van der Waals surface area contributed by atoms with Crippen molar-refractivity contribution in [3.63, 3.8) is 0 Å². The number of para-hydroxylation sites is 1. The molecule has 0 aliphatic rings. The molecular formula is C22H33N5O4S. The van der Waals surface area contributed by atoms with Gasteiger partial charge in [0, 0.05) is 23.5 Å². The van der Waals surface area contributed by atoms with Crippen LogP contribution < -0.4 is 22.1 Å². The van der Waals surface area contributed by atoms with Gasteiger partial charge >= 0.3 is 5.97 Å². The maximum atomic E-state index is 13.0. The molecule has 8 N–H and O–H groups in total. The molecule has 0 spiro atoms. The molecule has 1 heterocycles. The van der Waals surface area contributed by atoms with Crippen LogP contribution in [0.4, 0.5) is 0 Å². The van der Waals surface area contributed by atoms with Crippen LogP contribution in [0.1, 0.15) is 31.2 Å². The van der Waals surface area contributed by atoms with Crippen molar-refractivity contribution in [2.75, 3.05) is 18.6 Å². The SMILES string of the molecule is CSCC[C@H](NC(=O)[C@H](Cc1c[nH]c2ccccc12)NC(=O)[C@@H](N)CCCCN)C(=O)O. The van der Waals surface area contributed by atoms with Gasteiger partial charge in [0.1, 0.15) is 12.1 Å². The van der Waals surface area contributed by atoms with Gasteiger partial charge in [-0.2, -0.15) is 11.8 Å². The van der Waals surface area contributed by atoms with Crippen molar-refractivity contribution in [3.05, 3.63) is 36.0 Å². The number of amides is 2. The zero-order valence-corrected chi connectivity index (χ0v) is 19.1. The molecule has 3 atom stereocenters. The number of nitrogens with one attached hydrogen (secondary N) is 3. The summed E-state index contributed by atoms with van der Waals surface area (Å²) in [5, 5.41) is 15.7. The number of aliphatic carboxylic acids is 1. The summed E-state index contributed by atoms with van der Waals surface area (Å²) in [6, 6.07) is 4.87. The lowest BCUT2D eigenvalue weighted by atomic mass is 10.0. The average molecular weight is 464 g/mol. The second-order valence-electron chi connectivity index (χ2n) is 7.70. The van der Waals surface area contributed by atoms with Gasteiger partial charge < -0.3 is 32.2 Å². The molecule has 9 nitrogen and oxygen atoms in total. The molecule has 0 saturated carbocycles. The van der Waals surface area contributed by atoms with Crippen LogP contribution in [-0.2, 0) is 20.8 Å². The van der Waals surface area contributed by atoms with Gasteiger partial charge in [-0.3, -0.25) is 9.59 Å². The molecule has 2 aromatic rings. The minimum atomic E-state index is -1.11. The Morgan fingerprint density at radius 3 is 2.50 bits per heavy atom. The smallest absolute Gasteiger partial charge is 0.326 e. The highest BCUT2D eigenvalue weighted by molar-refractivity contribution is 7.98. The lowest BCUT2D eigenvalue weighted by Gasteiger charge is -2.23. The number of nitrogens with two attached hydrogens (primary N) is 2. The van der Waals surface area contributed by atoms with Crippen LogP contribution in [-0.4, -0.2) is 64.6 Å². The Morgan fingerprint density at radius 2 is 1.81 bits per heavy atom. The molecule has 0 fully saturated rings. The number of carboxylic acids is 1. The molecule has 0 unspecified atom stereocenters. The van der Waals surface area contributed by atoms with Crippen LogP contribution in [0.25, 0.3) is 10.9 Å². The summed E-state index contributed by atoms with van der Waals surface area (Å²) in [5.74, 6) is -1.52. The summed E-state index contributed by atoms with van der Waals surface area (Å²) in [7, 11) is 0. The highest BCUT2D eigenvalue weighted by Gasteiger charge is 2.28. The molecule has 10 heteroatoms. The van der Waals surface area contributed by atoms with E-state index in [1.165, 1.54) is 11.8 Å². The van der Waals surface area contributed by atoms with Crippen molar-refractivity contribution in [2.45, 2.75) is 50.2 Å². The number of hydrogen-bond donors (Lipinski definition) is 6. The van der Waals surface area contributed by atoms with Crippen molar-refractivity contribution in [1.29, 1.82) is 0 Å². The quantitative estimate of drug-likeness (QED) is 0.227. The normalized spacial score (nSPS) is 14.0. The standard InChI is InChI=1S/C22H33N5O4S/c1-32-11-9-18(22(30)31)26-21(29)19(27-20(28)16(24)7-4-5-10-23)12-14-13-25-17-8-3-2-6-15(14)17/h2-3,6,8,13,16,18-19,25H,4-5,7,9-12,23-24H2,1H3,(H,26,29)(H,27,28)(H,30,31)/t16-,18-,19-/m0/s1. The molecule has 176 valence electrons. The topological polar surface area (TPSA) is 163 Å². The van der Waals surface area contributed by atoms with E-state index < -0.39 is 35.9 Å². The first-order valence-corrected chi connectivity index (χ1v) is 12.1. The maximum absolute atomic E-state index is 13.0. The van der Waals surface area contributed by atoms with Crippen molar-refractivity contribution >= 4 is 40.4 Å². The molecule has 0 aliphatic carbocycles. The van der Waals surface area contributed by atoms with Gasteiger partial charge in [-0.1, -0.05) is 24.6 Å². The zero-order chi connectivity index (χ0) is 23.5. The first-order chi connectivity index (χ1) is 15.4. The van der Waals surface area contributed by atoms with Crippen LogP contribution in [0.3, 0.4) is 0 Å². The Labute approximate surface area is 192 Å². The first kappa shape index (κ1) is 25.7. The third-order valence-corrected chi connectivity index (χ3v) is 5.91. The summed E-state index contributed by atoms with van der Waals surface area (Å²) < 4.78 is 0. The Bertz CT molecular complexity index is 903. The Balaban J connectivity index is 2.18. The number of unbranched alkanes of at least 4 members (excludes halogenated alkanes) is 1. The molecule has 0 bridgehead atoms. The number of H-pyrrole nitrogens is 1. The molecule has 1 aromatic carbocycles. The highest BCUT2D eigenvalue weighted by atomic mass is 32.2. The number of rotatable bonds is 14. The monoisotopic (exact) mass is 463 g/mol. The molecule has 0 radical (unpaired) electrons. The molecule has 0 saturated heterocycles. The minimum absolute atomic E-state index is 0.200. The van der Waals surface area contributed by atoms with E-state index in [4.69, 9.17) is 11.5 Å². The summed E-state index contributed by atoms with van der Waals surface area (Å²) in [6.45, 7) is 0.520. The summed E-state index contributed by atoms with van der Waals surface area (Å²) in [4.78, 5) is 40.4. The minimum Gasteiger partial charge on any atom is -0.480 e. The molecule has 2 rings (SSSR count). The predicted octanol–water partition coefficient (Wildman–Crippen LogP) is 0.974. The van der Waals surface area contributed by atoms with Crippen molar-refractivity contribution in [2.24, 2.45) is 11.5 Å². The number of hydrogen-bond acceptors (Lipinski definition) is 6. The van der Waals surface area contributed by atoms with Crippen LogP contribution in [0.15, 0.2) is 30.5 Å². The third kappa shape index (κ3) is 7.54. The van der Waals surface area contributed by atoms with E-state index in [0.29, 0.717) is 25.1 Å². The van der Waals surface area contributed by atoms with E-state index in [2.05, 4.69) is 15.6 Å². The van der Waals surface area contributed by atoms with Gasteiger partial charge in [-0.25, -0.2) is 4.79 Å². The fourth-order valence-electron chi connectivity index (χ4n) is 3.41. The number of aromatic nitrogens is 1. The van der Waals surface area contributed by atoms with E-state index in [1.807, 2.05) is 30.5 Å². The Kier molecular flexibility index (Phi) is 10.5. The number of benzene rings is 1. The number of carbonyl (C=O) groups excluding carboxylic acids is 2. The van der Waals surface area contributed by atoms with Crippen LogP contribution >= 0.6 is 11.8 Å². The summed E-state index contributed by atoms with van der Waals surface area (Å²) in [6.07, 6.45) is 6.07. The van der Waals surface area contributed by atoms with Crippen LogP contribution in [0, 0.1) is 0 Å². The number of fused-ring (bicyclic) bond motifs is 1. The van der Waals surface area contributed by atoms with Gasteiger partial charge in [0.2, 0.25) is 11.8 Å². The number of thioether (sulfide) groups is 1. The maximum Gasteiger partial charge on any atom is 0.326 e. The average Bonchev–Trinajstić information content (AvgIpc) is 3.18. The van der Waals surface area contributed by atoms with Crippen LogP contribution in [0.2, 0.25) is 0 Å². The molecule has 2 amide bonds. The van der Waals surface area contributed by atoms with Gasteiger partial charge in [0.05, 0.1) is 6.04 Å².